The van der Waals surface area contributed by atoms with Crippen molar-refractivity contribution < 1.29 is 14.3 Å². The first-order chi connectivity index (χ1) is 6.33. The van der Waals surface area contributed by atoms with E-state index in [1.165, 1.54) is 12.8 Å². The number of ether oxygens (including phenoxy) is 2. The summed E-state index contributed by atoms with van der Waals surface area (Å²) < 4.78 is 9.54. The molecule has 0 radical (unpaired) electrons. The van der Waals surface area contributed by atoms with E-state index in [1.54, 1.807) is 6.92 Å². The van der Waals surface area contributed by atoms with Crippen LogP contribution in [0.5, 0.6) is 0 Å². The summed E-state index contributed by atoms with van der Waals surface area (Å²) in [5.41, 5.74) is 0. The summed E-state index contributed by atoms with van der Waals surface area (Å²) in [5, 5.41) is 3.28. The Morgan fingerprint density at radius 2 is 2.31 bits per heavy atom. The summed E-state index contributed by atoms with van der Waals surface area (Å²) in [4.78, 5) is 10.8. The number of piperidine rings is 1. The number of hydrogen-bond donors (Lipinski definition) is 1. The first-order valence-corrected chi connectivity index (χ1v) is 4.86. The van der Waals surface area contributed by atoms with Crippen LogP contribution in [-0.4, -0.2) is 32.0 Å². The Bertz CT molecular complexity index is 155. The van der Waals surface area contributed by atoms with Gasteiger partial charge in [0, 0.05) is 6.04 Å². The van der Waals surface area contributed by atoms with Crippen molar-refractivity contribution in [1.29, 1.82) is 0 Å². The van der Waals surface area contributed by atoms with E-state index in [0.29, 0.717) is 19.3 Å². The molecule has 1 fully saturated rings. The van der Waals surface area contributed by atoms with Crippen molar-refractivity contribution in [3.05, 3.63) is 0 Å². The number of rotatable bonds is 3. The van der Waals surface area contributed by atoms with Crippen molar-refractivity contribution in [2.45, 2.75) is 32.2 Å². The fourth-order valence-corrected chi connectivity index (χ4v) is 1.39. The molecule has 1 atom stereocenters. The van der Waals surface area contributed by atoms with E-state index in [4.69, 9.17) is 4.74 Å². The molecule has 0 aliphatic carbocycles. The largest absolute Gasteiger partial charge is 0.508 e. The van der Waals surface area contributed by atoms with Gasteiger partial charge in [-0.25, -0.2) is 4.79 Å². The minimum Gasteiger partial charge on any atom is -0.435 e. The fourth-order valence-electron chi connectivity index (χ4n) is 1.39. The van der Waals surface area contributed by atoms with Crippen molar-refractivity contribution in [3.8, 4) is 0 Å². The number of carbonyl (C=O) groups is 1. The van der Waals surface area contributed by atoms with Crippen LogP contribution in [-0.2, 0) is 9.47 Å². The summed E-state index contributed by atoms with van der Waals surface area (Å²) in [6.45, 7) is 3.59. The van der Waals surface area contributed by atoms with Crippen LogP contribution in [0.3, 0.4) is 0 Å². The maximum absolute atomic E-state index is 10.8. The Hall–Kier alpha value is -0.770. The van der Waals surface area contributed by atoms with Gasteiger partial charge in [-0.3, -0.25) is 0 Å². The SMILES string of the molecule is CCOC(=O)OCC1CCCCN1. The normalized spacial score (nSPS) is 22.4. The summed E-state index contributed by atoms with van der Waals surface area (Å²) in [5.74, 6) is 0. The second-order valence-corrected chi connectivity index (χ2v) is 3.14. The van der Waals surface area contributed by atoms with Crippen molar-refractivity contribution in [3.63, 3.8) is 0 Å². The zero-order chi connectivity index (χ0) is 9.52. The number of hydrogen-bond acceptors (Lipinski definition) is 4. The quantitative estimate of drug-likeness (QED) is 0.676. The minimum atomic E-state index is -0.560. The molecule has 0 spiro atoms. The lowest BCUT2D eigenvalue weighted by Gasteiger charge is -2.22. The predicted octanol–water partition coefficient (Wildman–Crippen LogP) is 1.30. The highest BCUT2D eigenvalue weighted by molar-refractivity contribution is 5.59. The Labute approximate surface area is 78.6 Å². The van der Waals surface area contributed by atoms with Gasteiger partial charge in [-0.05, 0) is 26.3 Å². The van der Waals surface area contributed by atoms with Gasteiger partial charge in [-0.1, -0.05) is 6.42 Å². The molecule has 76 valence electrons. The molecule has 4 heteroatoms. The summed E-state index contributed by atoms with van der Waals surface area (Å²) in [6.07, 6.45) is 2.95. The molecule has 1 aliphatic heterocycles. The zero-order valence-corrected chi connectivity index (χ0v) is 8.04. The van der Waals surface area contributed by atoms with Gasteiger partial charge in [0.05, 0.1) is 6.61 Å². The third kappa shape index (κ3) is 4.12. The van der Waals surface area contributed by atoms with Crippen LogP contribution >= 0.6 is 0 Å². The second-order valence-electron chi connectivity index (χ2n) is 3.14. The molecule has 1 unspecified atom stereocenters. The molecule has 1 aliphatic rings. The van der Waals surface area contributed by atoms with E-state index in [2.05, 4.69) is 10.1 Å². The lowest BCUT2D eigenvalue weighted by atomic mass is 10.1. The van der Waals surface area contributed by atoms with Gasteiger partial charge in [0.15, 0.2) is 0 Å². The van der Waals surface area contributed by atoms with Crippen molar-refractivity contribution in [2.24, 2.45) is 0 Å². The molecule has 13 heavy (non-hydrogen) atoms. The first kappa shape index (κ1) is 10.3. The average Bonchev–Trinajstić information content (AvgIpc) is 2.17. The lowest BCUT2D eigenvalue weighted by Crippen LogP contribution is -2.38. The van der Waals surface area contributed by atoms with Crippen molar-refractivity contribution in [2.75, 3.05) is 19.8 Å². The predicted molar refractivity (Wildman–Crippen MR) is 48.6 cm³/mol. The molecular formula is C9H17NO3. The van der Waals surface area contributed by atoms with Crippen molar-refractivity contribution >= 4 is 6.16 Å². The molecule has 0 aromatic carbocycles. The molecule has 0 aromatic rings. The zero-order valence-electron chi connectivity index (χ0n) is 8.04. The van der Waals surface area contributed by atoms with E-state index in [9.17, 15) is 4.79 Å². The number of carbonyl (C=O) groups excluding carboxylic acids is 1. The monoisotopic (exact) mass is 187 g/mol. The summed E-state index contributed by atoms with van der Waals surface area (Å²) >= 11 is 0. The lowest BCUT2D eigenvalue weighted by molar-refractivity contribution is 0.0497. The fraction of sp³-hybridized carbons (Fsp3) is 0.889. The molecular weight excluding hydrogens is 170 g/mol. The van der Waals surface area contributed by atoms with E-state index in [0.717, 1.165) is 13.0 Å². The van der Waals surface area contributed by atoms with Gasteiger partial charge in [-0.15, -0.1) is 0 Å². The molecule has 0 aromatic heterocycles. The van der Waals surface area contributed by atoms with Crippen LogP contribution < -0.4 is 5.32 Å². The van der Waals surface area contributed by atoms with Gasteiger partial charge >= 0.3 is 6.16 Å². The van der Waals surface area contributed by atoms with Gasteiger partial charge < -0.3 is 14.8 Å². The van der Waals surface area contributed by atoms with E-state index in [1.807, 2.05) is 0 Å². The molecule has 1 heterocycles. The van der Waals surface area contributed by atoms with Gasteiger partial charge in [0.25, 0.3) is 0 Å². The maximum atomic E-state index is 10.8. The topological polar surface area (TPSA) is 47.6 Å². The Balaban J connectivity index is 2.06. The van der Waals surface area contributed by atoms with Crippen LogP contribution in [0, 0.1) is 0 Å². The van der Waals surface area contributed by atoms with E-state index < -0.39 is 6.16 Å². The Kier molecular flexibility index (Phi) is 4.60. The van der Waals surface area contributed by atoms with Crippen molar-refractivity contribution in [1.82, 2.24) is 5.32 Å². The maximum Gasteiger partial charge on any atom is 0.508 e. The Morgan fingerprint density at radius 3 is 2.92 bits per heavy atom. The molecule has 0 saturated carbocycles. The van der Waals surface area contributed by atoms with Crippen LogP contribution in [0.15, 0.2) is 0 Å². The molecule has 4 nitrogen and oxygen atoms in total. The van der Waals surface area contributed by atoms with Gasteiger partial charge in [0.2, 0.25) is 0 Å². The standard InChI is InChI=1S/C9H17NO3/c1-2-12-9(11)13-7-8-5-3-4-6-10-8/h8,10H,2-7H2,1H3. The highest BCUT2D eigenvalue weighted by Crippen LogP contribution is 2.07. The average molecular weight is 187 g/mol. The van der Waals surface area contributed by atoms with E-state index in [-0.39, 0.29) is 0 Å². The molecule has 1 rings (SSSR count). The van der Waals surface area contributed by atoms with Gasteiger partial charge in [0.1, 0.15) is 6.61 Å². The highest BCUT2D eigenvalue weighted by Gasteiger charge is 2.14. The van der Waals surface area contributed by atoms with Crippen LogP contribution in [0.25, 0.3) is 0 Å². The number of nitrogens with one attached hydrogen (secondary N) is 1. The summed E-state index contributed by atoms with van der Waals surface area (Å²) in [6, 6.07) is 0.318. The molecule has 1 saturated heterocycles. The minimum absolute atomic E-state index is 0.318. The van der Waals surface area contributed by atoms with Crippen LogP contribution in [0.2, 0.25) is 0 Å². The van der Waals surface area contributed by atoms with Gasteiger partial charge in [-0.2, -0.15) is 0 Å². The Morgan fingerprint density at radius 1 is 1.46 bits per heavy atom. The summed E-state index contributed by atoms with van der Waals surface area (Å²) in [7, 11) is 0. The molecule has 0 amide bonds. The smallest absolute Gasteiger partial charge is 0.435 e. The molecule has 1 N–H and O–H groups in total. The third-order valence-corrected chi connectivity index (χ3v) is 2.08. The van der Waals surface area contributed by atoms with E-state index >= 15 is 0 Å². The highest BCUT2D eigenvalue weighted by atomic mass is 16.7. The van der Waals surface area contributed by atoms with Crippen LogP contribution in [0.1, 0.15) is 26.2 Å². The van der Waals surface area contributed by atoms with Crippen LogP contribution in [0.4, 0.5) is 4.79 Å². The molecule has 0 bridgehead atoms. The third-order valence-electron chi connectivity index (χ3n) is 2.08. The second kappa shape index (κ2) is 5.80. The first-order valence-electron chi connectivity index (χ1n) is 4.86.